The summed E-state index contributed by atoms with van der Waals surface area (Å²) in [7, 11) is 0. The van der Waals surface area contributed by atoms with Crippen LogP contribution in [0.1, 0.15) is 48.5 Å². The summed E-state index contributed by atoms with van der Waals surface area (Å²) >= 11 is 0. The summed E-state index contributed by atoms with van der Waals surface area (Å²) in [5, 5.41) is 18.3. The highest BCUT2D eigenvalue weighted by Crippen LogP contribution is 2.32. The number of aryl methyl sites for hydroxylation is 1. The van der Waals surface area contributed by atoms with Gasteiger partial charge < -0.3 is 35.6 Å². The Kier molecular flexibility index (Phi) is 12.1. The molecule has 1 atom stereocenters. The highest BCUT2D eigenvalue weighted by Gasteiger charge is 2.30. The molecular weight excluding hydrogens is 712 g/mol. The molecule has 0 radical (unpaired) electrons. The van der Waals surface area contributed by atoms with Crippen LogP contribution >= 0.6 is 0 Å². The van der Waals surface area contributed by atoms with Crippen molar-refractivity contribution in [3.8, 4) is 17.0 Å². The van der Waals surface area contributed by atoms with Crippen LogP contribution in [-0.4, -0.2) is 99.6 Å². The lowest BCUT2D eigenvalue weighted by atomic mass is 9.95. The van der Waals surface area contributed by atoms with Gasteiger partial charge in [0, 0.05) is 67.8 Å². The van der Waals surface area contributed by atoms with E-state index >= 15 is 0 Å². The van der Waals surface area contributed by atoms with Crippen LogP contribution in [0.4, 0.5) is 33.9 Å². The molecule has 4 heterocycles. The molecule has 6 rings (SSSR count). The summed E-state index contributed by atoms with van der Waals surface area (Å²) in [6, 6.07) is 7.27. The van der Waals surface area contributed by atoms with Gasteiger partial charge in [0.05, 0.1) is 11.9 Å². The van der Waals surface area contributed by atoms with Crippen molar-refractivity contribution in [3.63, 3.8) is 0 Å². The topological polar surface area (TPSA) is 153 Å². The van der Waals surface area contributed by atoms with Crippen molar-refractivity contribution in [2.45, 2.75) is 45.6 Å². The normalized spacial score (nSPS) is 16.6. The van der Waals surface area contributed by atoms with E-state index in [4.69, 9.17) is 0 Å². The van der Waals surface area contributed by atoms with Crippen LogP contribution in [0.25, 0.3) is 16.9 Å². The zero-order valence-corrected chi connectivity index (χ0v) is 29.7. The zero-order chi connectivity index (χ0) is 38.4. The largest absolute Gasteiger partial charge is 0.465 e. The molecule has 0 saturated carbocycles. The van der Waals surface area contributed by atoms with Gasteiger partial charge in [-0.05, 0) is 87.0 Å². The third-order valence-corrected chi connectivity index (χ3v) is 9.93. The Balaban J connectivity index is 0.976. The Hall–Kier alpha value is -5.45. The summed E-state index contributed by atoms with van der Waals surface area (Å²) < 4.78 is 60.1. The Labute approximate surface area is 308 Å². The van der Waals surface area contributed by atoms with Gasteiger partial charge in [-0.15, -0.1) is 0 Å². The van der Waals surface area contributed by atoms with E-state index < -0.39 is 30.1 Å². The van der Waals surface area contributed by atoms with Crippen LogP contribution in [0.2, 0.25) is 0 Å². The molecule has 3 amide bonds. The summed E-state index contributed by atoms with van der Waals surface area (Å²) in [5.41, 5.74) is 2.10. The number of alkyl halides is 2. The monoisotopic (exact) mass is 754 g/mol. The molecule has 2 aliphatic heterocycles. The molecule has 17 heteroatoms. The molecule has 0 aliphatic carbocycles. The first kappa shape index (κ1) is 38.3. The SMILES string of the molecule is CCc1cc(Nc2nccn3c(-c4ccc(OC(F)F)c(F)c4F)cnc23)ccc1C(=O)NCCCNC(=O)C1CCN(CC2CCN(C(=O)O)C2)CC1. The van der Waals surface area contributed by atoms with Gasteiger partial charge in [0.25, 0.3) is 5.91 Å². The van der Waals surface area contributed by atoms with E-state index in [0.717, 1.165) is 56.6 Å². The fourth-order valence-corrected chi connectivity index (χ4v) is 7.09. The van der Waals surface area contributed by atoms with Crippen molar-refractivity contribution in [1.82, 2.24) is 34.8 Å². The van der Waals surface area contributed by atoms with Gasteiger partial charge in [-0.3, -0.25) is 14.0 Å². The molecule has 2 aromatic heterocycles. The predicted octanol–water partition coefficient (Wildman–Crippen LogP) is 5.53. The number of piperidine rings is 1. The first-order valence-electron chi connectivity index (χ1n) is 17.9. The van der Waals surface area contributed by atoms with E-state index in [0.29, 0.717) is 62.0 Å². The number of carboxylic acid groups (broad SMARTS) is 1. The summed E-state index contributed by atoms with van der Waals surface area (Å²) in [4.78, 5) is 49.5. The lowest BCUT2D eigenvalue weighted by Crippen LogP contribution is -2.43. The minimum Gasteiger partial charge on any atom is -0.465 e. The quantitative estimate of drug-likeness (QED) is 0.0962. The summed E-state index contributed by atoms with van der Waals surface area (Å²) in [5.74, 6) is -3.48. The van der Waals surface area contributed by atoms with Crippen molar-refractivity contribution in [3.05, 3.63) is 71.7 Å². The molecule has 2 aliphatic rings. The van der Waals surface area contributed by atoms with Crippen LogP contribution < -0.4 is 20.7 Å². The number of benzene rings is 2. The molecule has 2 saturated heterocycles. The van der Waals surface area contributed by atoms with Crippen LogP contribution in [0.5, 0.6) is 5.75 Å². The number of anilines is 2. The third-order valence-electron chi connectivity index (χ3n) is 9.93. The fourth-order valence-electron chi connectivity index (χ4n) is 7.09. The van der Waals surface area contributed by atoms with Crippen LogP contribution in [0, 0.1) is 23.5 Å². The first-order valence-corrected chi connectivity index (χ1v) is 17.9. The van der Waals surface area contributed by atoms with Gasteiger partial charge in [0.2, 0.25) is 11.7 Å². The van der Waals surface area contributed by atoms with Gasteiger partial charge in [0.1, 0.15) is 0 Å². The number of hydrogen-bond acceptors (Lipinski definition) is 8. The number of ether oxygens (including phenoxy) is 1. The van der Waals surface area contributed by atoms with E-state index in [1.165, 1.54) is 27.9 Å². The van der Waals surface area contributed by atoms with Gasteiger partial charge in [-0.1, -0.05) is 6.92 Å². The standard InChI is InChI=1S/C37H42F4N8O5/c1-2-23-18-25(46-32-33-45-19-28(49(33)17-13-42-32)27-6-7-29(54-36(40)41)31(39)30(27)38)4-5-26(23)35(51)44-12-3-11-43-34(50)24-9-14-47(15-10-24)20-22-8-16-48(21-22)37(52)53/h4-7,13,17-19,22,24,36H,2-3,8-12,14-16,20-21H2,1H3,(H,42,46)(H,43,50)(H,44,51)(H,52,53). The lowest BCUT2D eigenvalue weighted by molar-refractivity contribution is -0.126. The molecule has 288 valence electrons. The number of amides is 3. The number of nitrogens with zero attached hydrogens (tertiary/aromatic N) is 5. The van der Waals surface area contributed by atoms with Crippen LogP contribution in [0.15, 0.2) is 48.9 Å². The number of rotatable bonds is 14. The van der Waals surface area contributed by atoms with Gasteiger partial charge >= 0.3 is 12.7 Å². The Morgan fingerprint density at radius 3 is 2.50 bits per heavy atom. The smallest absolute Gasteiger partial charge is 0.407 e. The predicted molar refractivity (Wildman–Crippen MR) is 191 cm³/mol. The maximum atomic E-state index is 14.9. The number of halogens is 4. The molecule has 4 aromatic rings. The van der Waals surface area contributed by atoms with E-state index in [1.807, 2.05) is 13.0 Å². The van der Waals surface area contributed by atoms with Gasteiger partial charge in [-0.2, -0.15) is 13.2 Å². The maximum Gasteiger partial charge on any atom is 0.407 e. The van der Waals surface area contributed by atoms with Gasteiger partial charge in [-0.25, -0.2) is 19.2 Å². The van der Waals surface area contributed by atoms with E-state index in [1.54, 1.807) is 12.1 Å². The van der Waals surface area contributed by atoms with Crippen molar-refractivity contribution >= 4 is 35.1 Å². The zero-order valence-electron chi connectivity index (χ0n) is 29.7. The molecule has 2 fully saturated rings. The Morgan fingerprint density at radius 1 is 1.00 bits per heavy atom. The lowest BCUT2D eigenvalue weighted by Gasteiger charge is -2.32. The second-order valence-corrected chi connectivity index (χ2v) is 13.4. The number of imidazole rings is 1. The van der Waals surface area contributed by atoms with Gasteiger partial charge in [0.15, 0.2) is 23.0 Å². The van der Waals surface area contributed by atoms with Crippen molar-refractivity contribution in [2.24, 2.45) is 11.8 Å². The number of fused-ring (bicyclic) bond motifs is 1. The molecule has 1 unspecified atom stereocenters. The van der Waals surface area contributed by atoms with Crippen LogP contribution in [-0.2, 0) is 11.2 Å². The number of carbonyl (C=O) groups is 3. The molecule has 13 nitrogen and oxygen atoms in total. The highest BCUT2D eigenvalue weighted by atomic mass is 19.3. The minimum absolute atomic E-state index is 0.0180. The number of hydrogen-bond donors (Lipinski definition) is 4. The molecule has 54 heavy (non-hydrogen) atoms. The van der Waals surface area contributed by atoms with E-state index in [-0.39, 0.29) is 34.6 Å². The maximum absolute atomic E-state index is 14.9. The molecule has 0 bridgehead atoms. The molecule has 2 aromatic carbocycles. The Bertz CT molecular complexity index is 1990. The number of likely N-dealkylation sites (tertiary alicyclic amines) is 2. The van der Waals surface area contributed by atoms with E-state index in [2.05, 4.69) is 35.6 Å². The van der Waals surface area contributed by atoms with Crippen LogP contribution in [0.3, 0.4) is 0 Å². The third kappa shape index (κ3) is 8.84. The number of aromatic nitrogens is 3. The van der Waals surface area contributed by atoms with Crippen molar-refractivity contribution < 1.29 is 41.8 Å². The molecular formula is C37H42F4N8O5. The number of nitrogens with one attached hydrogen (secondary N) is 3. The number of carbonyl (C=O) groups excluding carboxylic acids is 2. The summed E-state index contributed by atoms with van der Waals surface area (Å²) in [6.07, 6.45) is 6.89. The highest BCUT2D eigenvalue weighted by molar-refractivity contribution is 5.96. The summed E-state index contributed by atoms with van der Waals surface area (Å²) in [6.45, 7) is 3.04. The van der Waals surface area contributed by atoms with E-state index in [9.17, 15) is 37.1 Å². The second kappa shape index (κ2) is 17.1. The average molecular weight is 755 g/mol. The Morgan fingerprint density at radius 2 is 1.78 bits per heavy atom. The minimum atomic E-state index is -3.31. The molecule has 4 N–H and O–H groups in total. The fraction of sp³-hybridized carbons (Fsp3) is 0.432. The van der Waals surface area contributed by atoms with Crippen molar-refractivity contribution in [2.75, 3.05) is 51.1 Å². The second-order valence-electron chi connectivity index (χ2n) is 13.4. The van der Waals surface area contributed by atoms with Crippen molar-refractivity contribution in [1.29, 1.82) is 0 Å². The molecule has 0 spiro atoms. The first-order chi connectivity index (χ1) is 26.0. The average Bonchev–Trinajstić information content (AvgIpc) is 3.82.